The summed E-state index contributed by atoms with van der Waals surface area (Å²) < 4.78 is 14.8. The fourth-order valence-electron chi connectivity index (χ4n) is 1.87. The number of carboxylic acids is 1. The van der Waals surface area contributed by atoms with Crippen LogP contribution in [0.15, 0.2) is 24.4 Å². The summed E-state index contributed by atoms with van der Waals surface area (Å²) in [5.74, 6) is -1.61. The van der Waals surface area contributed by atoms with E-state index in [1.165, 1.54) is 24.4 Å². The number of aromatic carboxylic acids is 1. The topological polar surface area (TPSA) is 55.1 Å². The van der Waals surface area contributed by atoms with Crippen molar-refractivity contribution >= 4 is 17.6 Å². The Hall–Kier alpha value is -1.88. The van der Waals surface area contributed by atoms with Crippen molar-refractivity contribution in [2.75, 3.05) is 0 Å². The van der Waals surface area contributed by atoms with Crippen molar-refractivity contribution in [1.82, 2.24) is 9.78 Å². The lowest BCUT2D eigenvalue weighted by molar-refractivity contribution is 0.0697. The van der Waals surface area contributed by atoms with Gasteiger partial charge in [-0.3, -0.25) is 4.68 Å². The standard InChI is InChI=1S/C14H14ClFN2O2/c1-2-3-6-18-8-10(14(19)20)13(17-18)9-4-5-12(16)11(15)7-9/h4-5,7-8H,2-3,6H2,1H3,(H,19,20). The maximum absolute atomic E-state index is 13.2. The first-order valence-electron chi connectivity index (χ1n) is 6.29. The highest BCUT2D eigenvalue weighted by molar-refractivity contribution is 6.31. The van der Waals surface area contributed by atoms with Crippen molar-refractivity contribution in [3.05, 3.63) is 40.8 Å². The highest BCUT2D eigenvalue weighted by Crippen LogP contribution is 2.26. The number of hydrogen-bond donors (Lipinski definition) is 1. The Kier molecular flexibility index (Phi) is 4.39. The van der Waals surface area contributed by atoms with Gasteiger partial charge in [-0.25, -0.2) is 9.18 Å². The monoisotopic (exact) mass is 296 g/mol. The van der Waals surface area contributed by atoms with E-state index in [2.05, 4.69) is 5.10 Å². The Balaban J connectivity index is 2.45. The van der Waals surface area contributed by atoms with Crippen molar-refractivity contribution in [3.8, 4) is 11.3 Å². The molecule has 0 bridgehead atoms. The van der Waals surface area contributed by atoms with Crippen LogP contribution in [0.1, 0.15) is 30.1 Å². The van der Waals surface area contributed by atoms with Gasteiger partial charge in [0.2, 0.25) is 0 Å². The van der Waals surface area contributed by atoms with Gasteiger partial charge in [0.1, 0.15) is 17.1 Å². The Morgan fingerprint density at radius 2 is 2.25 bits per heavy atom. The zero-order chi connectivity index (χ0) is 14.7. The van der Waals surface area contributed by atoms with E-state index in [0.29, 0.717) is 17.8 Å². The molecular weight excluding hydrogens is 283 g/mol. The predicted octanol–water partition coefficient (Wildman–Crippen LogP) is 3.84. The molecule has 2 rings (SSSR count). The lowest BCUT2D eigenvalue weighted by atomic mass is 10.1. The number of carboxylic acid groups (broad SMARTS) is 1. The van der Waals surface area contributed by atoms with Crippen LogP contribution in [0.5, 0.6) is 0 Å². The third-order valence-corrected chi connectivity index (χ3v) is 3.22. The van der Waals surface area contributed by atoms with Crippen LogP contribution >= 0.6 is 11.6 Å². The molecule has 6 heteroatoms. The number of halogens is 2. The van der Waals surface area contributed by atoms with Crippen LogP contribution in [-0.2, 0) is 6.54 Å². The second-order valence-electron chi connectivity index (χ2n) is 4.44. The van der Waals surface area contributed by atoms with Crippen LogP contribution in [0.3, 0.4) is 0 Å². The maximum Gasteiger partial charge on any atom is 0.339 e. The molecule has 0 saturated heterocycles. The zero-order valence-corrected chi connectivity index (χ0v) is 11.7. The molecule has 1 aromatic carbocycles. The Morgan fingerprint density at radius 3 is 2.85 bits per heavy atom. The second kappa shape index (κ2) is 6.05. The average Bonchev–Trinajstić information content (AvgIpc) is 2.84. The van der Waals surface area contributed by atoms with Gasteiger partial charge in [-0.15, -0.1) is 0 Å². The second-order valence-corrected chi connectivity index (χ2v) is 4.85. The number of carbonyl (C=O) groups is 1. The number of rotatable bonds is 5. The fourth-order valence-corrected chi connectivity index (χ4v) is 2.05. The van der Waals surface area contributed by atoms with Gasteiger partial charge in [0.25, 0.3) is 0 Å². The van der Waals surface area contributed by atoms with Crippen LogP contribution in [0.2, 0.25) is 5.02 Å². The van der Waals surface area contributed by atoms with Crippen LogP contribution < -0.4 is 0 Å². The molecule has 1 heterocycles. The minimum Gasteiger partial charge on any atom is -0.478 e. The number of hydrogen-bond acceptors (Lipinski definition) is 2. The Labute approximate surface area is 120 Å². The first kappa shape index (κ1) is 14.5. The maximum atomic E-state index is 13.2. The molecule has 0 atom stereocenters. The average molecular weight is 297 g/mol. The van der Waals surface area contributed by atoms with E-state index in [4.69, 9.17) is 11.6 Å². The largest absolute Gasteiger partial charge is 0.478 e. The zero-order valence-electron chi connectivity index (χ0n) is 10.9. The molecule has 20 heavy (non-hydrogen) atoms. The molecule has 2 aromatic rings. The van der Waals surface area contributed by atoms with E-state index >= 15 is 0 Å². The summed E-state index contributed by atoms with van der Waals surface area (Å²) in [7, 11) is 0. The Morgan fingerprint density at radius 1 is 1.50 bits per heavy atom. The fraction of sp³-hybridized carbons (Fsp3) is 0.286. The molecule has 1 aromatic heterocycles. The SMILES string of the molecule is CCCCn1cc(C(=O)O)c(-c2ccc(F)c(Cl)c2)n1. The van der Waals surface area contributed by atoms with E-state index in [-0.39, 0.29) is 10.6 Å². The molecule has 0 radical (unpaired) electrons. The van der Waals surface area contributed by atoms with E-state index in [0.717, 1.165) is 12.8 Å². The lowest BCUT2D eigenvalue weighted by Crippen LogP contribution is -1.98. The first-order chi connectivity index (χ1) is 9.52. The summed E-state index contributed by atoms with van der Waals surface area (Å²) in [5, 5.41) is 13.4. The van der Waals surface area contributed by atoms with Crippen LogP contribution in [0.25, 0.3) is 11.3 Å². The van der Waals surface area contributed by atoms with Crippen molar-refractivity contribution < 1.29 is 14.3 Å². The molecule has 106 valence electrons. The van der Waals surface area contributed by atoms with Gasteiger partial charge in [0.15, 0.2) is 0 Å². The lowest BCUT2D eigenvalue weighted by Gasteiger charge is -2.01. The summed E-state index contributed by atoms with van der Waals surface area (Å²) in [4.78, 5) is 11.3. The number of benzene rings is 1. The van der Waals surface area contributed by atoms with Gasteiger partial charge in [-0.05, 0) is 24.6 Å². The van der Waals surface area contributed by atoms with Crippen LogP contribution in [0.4, 0.5) is 4.39 Å². The van der Waals surface area contributed by atoms with Gasteiger partial charge in [0, 0.05) is 18.3 Å². The molecule has 0 aliphatic heterocycles. The third-order valence-electron chi connectivity index (χ3n) is 2.93. The summed E-state index contributed by atoms with van der Waals surface area (Å²) in [6.45, 7) is 2.69. The molecule has 0 unspecified atom stereocenters. The minimum absolute atomic E-state index is 0.0538. The molecule has 1 N–H and O–H groups in total. The normalized spacial score (nSPS) is 10.8. The van der Waals surface area contributed by atoms with Crippen LogP contribution in [0, 0.1) is 5.82 Å². The van der Waals surface area contributed by atoms with E-state index in [9.17, 15) is 14.3 Å². The summed E-state index contributed by atoms with van der Waals surface area (Å²) in [6, 6.07) is 4.06. The smallest absolute Gasteiger partial charge is 0.339 e. The van der Waals surface area contributed by atoms with E-state index in [1.807, 2.05) is 6.92 Å². The molecule has 0 aliphatic carbocycles. The highest BCUT2D eigenvalue weighted by atomic mass is 35.5. The van der Waals surface area contributed by atoms with E-state index in [1.54, 1.807) is 4.68 Å². The molecule has 0 aliphatic rings. The number of aryl methyl sites for hydroxylation is 1. The minimum atomic E-state index is -1.07. The van der Waals surface area contributed by atoms with Gasteiger partial charge < -0.3 is 5.11 Å². The van der Waals surface area contributed by atoms with Gasteiger partial charge in [-0.2, -0.15) is 5.10 Å². The van der Waals surface area contributed by atoms with Crippen LogP contribution in [-0.4, -0.2) is 20.9 Å². The molecule has 0 amide bonds. The number of unbranched alkanes of at least 4 members (excludes halogenated alkanes) is 1. The van der Waals surface area contributed by atoms with Crippen molar-refractivity contribution in [1.29, 1.82) is 0 Å². The summed E-state index contributed by atoms with van der Waals surface area (Å²) in [6.07, 6.45) is 3.38. The number of nitrogens with zero attached hydrogens (tertiary/aromatic N) is 2. The summed E-state index contributed by atoms with van der Waals surface area (Å²) >= 11 is 5.73. The quantitative estimate of drug-likeness (QED) is 0.912. The predicted molar refractivity (Wildman–Crippen MR) is 74.5 cm³/mol. The van der Waals surface area contributed by atoms with Gasteiger partial charge in [0.05, 0.1) is 5.02 Å². The molecule has 4 nitrogen and oxygen atoms in total. The van der Waals surface area contributed by atoms with E-state index < -0.39 is 11.8 Å². The van der Waals surface area contributed by atoms with Crippen molar-refractivity contribution in [2.24, 2.45) is 0 Å². The molecule has 0 fully saturated rings. The molecule has 0 saturated carbocycles. The van der Waals surface area contributed by atoms with Gasteiger partial charge >= 0.3 is 5.97 Å². The van der Waals surface area contributed by atoms with Gasteiger partial charge in [-0.1, -0.05) is 24.9 Å². The molecule has 0 spiro atoms. The van der Waals surface area contributed by atoms with Crippen molar-refractivity contribution in [2.45, 2.75) is 26.3 Å². The Bertz CT molecular complexity index is 640. The van der Waals surface area contributed by atoms with Crippen molar-refractivity contribution in [3.63, 3.8) is 0 Å². The molecular formula is C14H14ClFN2O2. The summed E-state index contributed by atoms with van der Waals surface area (Å²) in [5.41, 5.74) is 0.878. The first-order valence-corrected chi connectivity index (χ1v) is 6.67. The third kappa shape index (κ3) is 2.99. The number of aromatic nitrogens is 2. The highest BCUT2D eigenvalue weighted by Gasteiger charge is 2.17.